The van der Waals surface area contributed by atoms with Gasteiger partial charge in [0.05, 0.1) is 5.37 Å². The van der Waals surface area contributed by atoms with E-state index in [2.05, 4.69) is 17.9 Å². The molecule has 4 unspecified atom stereocenters. The third kappa shape index (κ3) is 0.319. The van der Waals surface area contributed by atoms with Gasteiger partial charge in [-0.3, -0.25) is 0 Å². The van der Waals surface area contributed by atoms with Crippen LogP contribution in [0.4, 0.5) is 0 Å². The molecule has 1 nitrogen and oxygen atoms in total. The van der Waals surface area contributed by atoms with Crippen LogP contribution in [0.3, 0.4) is 0 Å². The highest BCUT2D eigenvalue weighted by Gasteiger charge is 2.95. The molecule has 3 aliphatic rings. The molecule has 3 fully saturated rings. The van der Waals surface area contributed by atoms with Crippen LogP contribution in [0.5, 0.6) is 0 Å². The largest absolute Gasteiger partial charge is 0.308 e. The molecule has 1 N–H and O–H groups in total. The minimum atomic E-state index is 0.486. The highest BCUT2D eigenvalue weighted by atomic mass is 32.1. The standard InChI is InChI=1S/C8H13NS/c1-9-6(10)8-4-7(8)3-2-5(7)8/h5-6,9-10H,2-4H2,1H3. The maximum Gasteiger partial charge on any atom is 0.0565 e. The zero-order chi connectivity index (χ0) is 6.98. The summed E-state index contributed by atoms with van der Waals surface area (Å²) in [5.41, 5.74) is 1.52. The van der Waals surface area contributed by atoms with Crippen molar-refractivity contribution in [1.82, 2.24) is 5.32 Å². The molecule has 0 bridgehead atoms. The van der Waals surface area contributed by atoms with Gasteiger partial charge in [-0.1, -0.05) is 0 Å². The molecule has 0 aliphatic heterocycles. The van der Waals surface area contributed by atoms with Crippen LogP contribution in [-0.4, -0.2) is 12.4 Å². The Hall–Kier alpha value is 0.310. The van der Waals surface area contributed by atoms with Crippen molar-refractivity contribution in [1.29, 1.82) is 0 Å². The van der Waals surface area contributed by atoms with Crippen molar-refractivity contribution in [2.75, 3.05) is 7.05 Å². The van der Waals surface area contributed by atoms with E-state index in [4.69, 9.17) is 0 Å². The Morgan fingerprint density at radius 2 is 2.40 bits per heavy atom. The number of hydrogen-bond acceptors (Lipinski definition) is 2. The van der Waals surface area contributed by atoms with Crippen molar-refractivity contribution in [2.24, 2.45) is 16.7 Å². The smallest absolute Gasteiger partial charge is 0.0565 e. The minimum absolute atomic E-state index is 0.486. The van der Waals surface area contributed by atoms with Gasteiger partial charge < -0.3 is 5.32 Å². The summed E-state index contributed by atoms with van der Waals surface area (Å²) in [4.78, 5) is 0. The molecule has 0 aromatic rings. The van der Waals surface area contributed by atoms with Crippen LogP contribution in [0.15, 0.2) is 0 Å². The third-order valence-corrected chi connectivity index (χ3v) is 4.97. The third-order valence-electron chi connectivity index (χ3n) is 4.26. The second-order valence-corrected chi connectivity index (χ2v) is 4.67. The SMILES string of the molecule is CNC(S)C12CC13CCC32. The predicted molar refractivity (Wildman–Crippen MR) is 44.0 cm³/mol. The molecular formula is C8H13NS. The van der Waals surface area contributed by atoms with Gasteiger partial charge in [0, 0.05) is 5.41 Å². The van der Waals surface area contributed by atoms with Crippen molar-refractivity contribution in [3.63, 3.8) is 0 Å². The van der Waals surface area contributed by atoms with Crippen molar-refractivity contribution >= 4 is 12.6 Å². The summed E-state index contributed by atoms with van der Waals surface area (Å²) < 4.78 is 0. The van der Waals surface area contributed by atoms with E-state index in [1.807, 2.05) is 7.05 Å². The van der Waals surface area contributed by atoms with Gasteiger partial charge in [-0.15, -0.1) is 0 Å². The summed E-state index contributed by atoms with van der Waals surface area (Å²) in [5, 5.41) is 3.75. The molecule has 3 rings (SSSR count). The van der Waals surface area contributed by atoms with Gasteiger partial charge >= 0.3 is 0 Å². The topological polar surface area (TPSA) is 12.0 Å². The number of rotatable bonds is 2. The summed E-state index contributed by atoms with van der Waals surface area (Å²) >= 11 is 4.56. The molecule has 0 heterocycles. The fraction of sp³-hybridized carbons (Fsp3) is 1.00. The molecule has 0 saturated heterocycles. The molecule has 0 amide bonds. The van der Waals surface area contributed by atoms with Crippen LogP contribution in [0, 0.1) is 16.7 Å². The fourth-order valence-electron chi connectivity index (χ4n) is 3.42. The number of fused-ring (bicyclic) bond motifs is 1. The molecule has 0 aromatic heterocycles. The highest BCUT2D eigenvalue weighted by Crippen LogP contribution is 2.99. The molecule has 10 heavy (non-hydrogen) atoms. The molecule has 1 spiro atoms. The van der Waals surface area contributed by atoms with Crippen molar-refractivity contribution in [3.05, 3.63) is 0 Å². The van der Waals surface area contributed by atoms with Crippen molar-refractivity contribution in [3.8, 4) is 0 Å². The van der Waals surface area contributed by atoms with Crippen LogP contribution in [0.2, 0.25) is 0 Å². The van der Waals surface area contributed by atoms with Gasteiger partial charge in [0.15, 0.2) is 0 Å². The zero-order valence-electron chi connectivity index (χ0n) is 6.22. The normalized spacial score (nSPS) is 63.6. The average Bonchev–Trinajstić information content (AvgIpc) is 2.69. The Labute approximate surface area is 67.0 Å². The van der Waals surface area contributed by atoms with Crippen LogP contribution >= 0.6 is 12.6 Å². The molecular weight excluding hydrogens is 142 g/mol. The fourth-order valence-corrected chi connectivity index (χ4v) is 3.95. The van der Waals surface area contributed by atoms with E-state index in [0.717, 1.165) is 11.3 Å². The number of nitrogens with one attached hydrogen (secondary N) is 1. The van der Waals surface area contributed by atoms with Gasteiger partial charge in [-0.05, 0) is 37.6 Å². The summed E-state index contributed by atoms with van der Waals surface area (Å²) in [7, 11) is 2.02. The van der Waals surface area contributed by atoms with Gasteiger partial charge in [0.2, 0.25) is 0 Å². The quantitative estimate of drug-likeness (QED) is 0.452. The van der Waals surface area contributed by atoms with E-state index in [1.54, 1.807) is 0 Å². The molecule has 3 saturated carbocycles. The van der Waals surface area contributed by atoms with E-state index in [1.165, 1.54) is 19.3 Å². The van der Waals surface area contributed by atoms with Gasteiger partial charge in [-0.25, -0.2) is 0 Å². The van der Waals surface area contributed by atoms with Crippen molar-refractivity contribution in [2.45, 2.75) is 24.6 Å². The van der Waals surface area contributed by atoms with E-state index in [0.29, 0.717) is 10.8 Å². The summed E-state index contributed by atoms with van der Waals surface area (Å²) in [6.45, 7) is 0. The van der Waals surface area contributed by atoms with E-state index >= 15 is 0 Å². The van der Waals surface area contributed by atoms with E-state index in [9.17, 15) is 0 Å². The first-order valence-corrected chi connectivity index (χ1v) is 4.65. The van der Waals surface area contributed by atoms with Crippen LogP contribution in [-0.2, 0) is 0 Å². The molecule has 56 valence electrons. The van der Waals surface area contributed by atoms with E-state index < -0.39 is 0 Å². The average molecular weight is 155 g/mol. The number of thiol groups is 1. The van der Waals surface area contributed by atoms with Crippen LogP contribution < -0.4 is 5.32 Å². The molecule has 3 aliphatic carbocycles. The lowest BCUT2D eigenvalue weighted by atomic mass is 9.84. The molecule has 4 atom stereocenters. The first kappa shape index (κ1) is 5.90. The first-order valence-electron chi connectivity index (χ1n) is 4.13. The molecule has 0 radical (unpaired) electrons. The Morgan fingerprint density at radius 3 is 2.70 bits per heavy atom. The van der Waals surface area contributed by atoms with Gasteiger partial charge in [-0.2, -0.15) is 12.6 Å². The second-order valence-electron chi connectivity index (χ2n) is 4.16. The van der Waals surface area contributed by atoms with Gasteiger partial charge in [0.25, 0.3) is 0 Å². The van der Waals surface area contributed by atoms with Crippen LogP contribution in [0.1, 0.15) is 19.3 Å². The molecule has 0 aromatic carbocycles. The minimum Gasteiger partial charge on any atom is -0.308 e. The number of hydrogen-bond donors (Lipinski definition) is 2. The summed E-state index contributed by atoms with van der Waals surface area (Å²) in [6, 6.07) is 0. The lowest BCUT2D eigenvalue weighted by Gasteiger charge is -2.23. The summed E-state index contributed by atoms with van der Waals surface area (Å²) in [5.74, 6) is 1.08. The lowest BCUT2D eigenvalue weighted by molar-refractivity contribution is 0.287. The van der Waals surface area contributed by atoms with Crippen LogP contribution in [0.25, 0.3) is 0 Å². The highest BCUT2D eigenvalue weighted by molar-refractivity contribution is 7.81. The Morgan fingerprint density at radius 1 is 1.70 bits per heavy atom. The summed E-state index contributed by atoms with van der Waals surface area (Å²) in [6.07, 6.45) is 4.45. The monoisotopic (exact) mass is 155 g/mol. The zero-order valence-corrected chi connectivity index (χ0v) is 7.12. The van der Waals surface area contributed by atoms with E-state index in [-0.39, 0.29) is 0 Å². The van der Waals surface area contributed by atoms with Crippen molar-refractivity contribution < 1.29 is 0 Å². The maximum atomic E-state index is 4.56. The Bertz CT molecular complexity index is 205. The van der Waals surface area contributed by atoms with Gasteiger partial charge in [0.1, 0.15) is 0 Å². The predicted octanol–water partition coefficient (Wildman–Crippen LogP) is 1.26. The Kier molecular flexibility index (Phi) is 0.762. The maximum absolute atomic E-state index is 4.56. The first-order chi connectivity index (χ1) is 4.78. The Balaban J connectivity index is 1.85. The molecule has 2 heteroatoms. The second kappa shape index (κ2) is 1.29. The lowest BCUT2D eigenvalue weighted by Crippen LogP contribution is -2.27.